The third kappa shape index (κ3) is 4.80. The molecular formula is C18H12N4O7. The van der Waals surface area contributed by atoms with Crippen molar-refractivity contribution in [2.45, 2.75) is 0 Å². The van der Waals surface area contributed by atoms with E-state index in [1.807, 2.05) is 0 Å². The van der Waals surface area contributed by atoms with Gasteiger partial charge in [-0.15, -0.1) is 0 Å². The Balaban J connectivity index is 1.65. The van der Waals surface area contributed by atoms with Gasteiger partial charge < -0.3 is 9.15 Å². The molecule has 0 atom stereocenters. The first-order valence-corrected chi connectivity index (χ1v) is 8.01. The number of esters is 1. The summed E-state index contributed by atoms with van der Waals surface area (Å²) in [6.45, 7) is 0. The predicted octanol–water partition coefficient (Wildman–Crippen LogP) is 3.76. The molecule has 146 valence electrons. The van der Waals surface area contributed by atoms with E-state index in [-0.39, 0.29) is 11.4 Å². The van der Waals surface area contributed by atoms with Crippen LogP contribution in [0.15, 0.2) is 70.4 Å². The van der Waals surface area contributed by atoms with Crippen LogP contribution in [0.4, 0.5) is 17.1 Å². The minimum absolute atomic E-state index is 0.000785. The highest BCUT2D eigenvalue weighted by molar-refractivity contribution is 5.88. The molecule has 0 unspecified atom stereocenters. The van der Waals surface area contributed by atoms with Crippen molar-refractivity contribution in [1.29, 1.82) is 0 Å². The van der Waals surface area contributed by atoms with Crippen LogP contribution in [0.25, 0.3) is 0 Å². The van der Waals surface area contributed by atoms with Gasteiger partial charge in [0, 0.05) is 6.07 Å². The van der Waals surface area contributed by atoms with E-state index in [9.17, 15) is 25.0 Å². The van der Waals surface area contributed by atoms with Crippen molar-refractivity contribution in [3.63, 3.8) is 0 Å². The van der Waals surface area contributed by atoms with E-state index in [2.05, 4.69) is 10.5 Å². The monoisotopic (exact) mass is 396 g/mol. The molecule has 1 aromatic heterocycles. The first kappa shape index (κ1) is 19.2. The van der Waals surface area contributed by atoms with Crippen LogP contribution in [0.5, 0.6) is 5.75 Å². The highest BCUT2D eigenvalue weighted by Gasteiger charge is 2.19. The smallest absolute Gasteiger partial charge is 0.379 e. The molecule has 2 aromatic carbocycles. The molecule has 0 aliphatic rings. The second-order valence-electron chi connectivity index (χ2n) is 5.52. The summed E-state index contributed by atoms with van der Waals surface area (Å²) in [5.41, 5.74) is 2.22. The van der Waals surface area contributed by atoms with E-state index >= 15 is 0 Å². The normalized spacial score (nSPS) is 10.6. The van der Waals surface area contributed by atoms with Crippen LogP contribution in [-0.4, -0.2) is 22.0 Å². The number of rotatable bonds is 7. The van der Waals surface area contributed by atoms with Gasteiger partial charge in [-0.2, -0.15) is 5.10 Å². The lowest BCUT2D eigenvalue weighted by Crippen LogP contribution is -2.07. The highest BCUT2D eigenvalue weighted by atomic mass is 16.6. The molecular weight excluding hydrogens is 384 g/mol. The lowest BCUT2D eigenvalue weighted by Gasteiger charge is -2.03. The van der Waals surface area contributed by atoms with Gasteiger partial charge in [0.2, 0.25) is 5.76 Å². The molecule has 0 saturated heterocycles. The fourth-order valence-corrected chi connectivity index (χ4v) is 2.23. The summed E-state index contributed by atoms with van der Waals surface area (Å²) in [7, 11) is 0. The number of ether oxygens (including phenoxy) is 1. The van der Waals surface area contributed by atoms with Crippen molar-refractivity contribution in [3.05, 3.63) is 92.4 Å². The lowest BCUT2D eigenvalue weighted by molar-refractivity contribution is -0.393. The molecule has 1 heterocycles. The summed E-state index contributed by atoms with van der Waals surface area (Å²) < 4.78 is 10.1. The maximum Gasteiger partial charge on any atom is 0.379 e. The number of nitro groups is 2. The van der Waals surface area contributed by atoms with Gasteiger partial charge in [0.05, 0.1) is 28.4 Å². The summed E-state index contributed by atoms with van der Waals surface area (Å²) in [5, 5.41) is 25.7. The number of non-ortho nitro benzene ring substituents is 1. The van der Waals surface area contributed by atoms with Crippen LogP contribution >= 0.6 is 0 Å². The molecule has 1 N–H and O–H groups in total. The molecule has 3 rings (SSSR count). The molecule has 0 saturated carbocycles. The van der Waals surface area contributed by atoms with Crippen molar-refractivity contribution in [2.75, 3.05) is 5.43 Å². The Morgan fingerprint density at radius 1 is 1.07 bits per heavy atom. The average molecular weight is 396 g/mol. The largest absolute Gasteiger partial charge is 0.457 e. The Labute approximate surface area is 162 Å². The Morgan fingerprint density at radius 2 is 1.83 bits per heavy atom. The second kappa shape index (κ2) is 8.43. The number of furan rings is 1. The Hall–Kier alpha value is -4.54. The van der Waals surface area contributed by atoms with E-state index < -0.39 is 27.2 Å². The first-order valence-electron chi connectivity index (χ1n) is 8.01. The van der Waals surface area contributed by atoms with Gasteiger partial charge in [0.25, 0.3) is 5.69 Å². The van der Waals surface area contributed by atoms with Gasteiger partial charge in [-0.3, -0.25) is 25.7 Å². The average Bonchev–Trinajstić information content (AvgIpc) is 3.24. The van der Waals surface area contributed by atoms with Crippen LogP contribution in [0.3, 0.4) is 0 Å². The summed E-state index contributed by atoms with van der Waals surface area (Å²) in [6.07, 6.45) is 2.74. The molecule has 0 fully saturated rings. The number of anilines is 1. The Kier molecular flexibility index (Phi) is 5.59. The number of carbonyl (C=O) groups excluding carboxylic acids is 1. The molecule has 29 heavy (non-hydrogen) atoms. The number of nitrogens with zero attached hydrogens (tertiary/aromatic N) is 3. The number of hydrogen-bond donors (Lipinski definition) is 1. The molecule has 0 bridgehead atoms. The molecule has 11 nitrogen and oxygen atoms in total. The Bertz CT molecular complexity index is 1080. The van der Waals surface area contributed by atoms with Gasteiger partial charge in [0.1, 0.15) is 11.4 Å². The van der Waals surface area contributed by atoms with Crippen molar-refractivity contribution >= 4 is 29.2 Å². The summed E-state index contributed by atoms with van der Waals surface area (Å²) >= 11 is 0. The fraction of sp³-hybridized carbons (Fsp3) is 0. The number of carbonyl (C=O) groups is 1. The summed E-state index contributed by atoms with van der Waals surface area (Å²) in [6, 6.07) is 12.5. The van der Waals surface area contributed by atoms with Gasteiger partial charge in [-0.05, 0) is 48.0 Å². The molecule has 0 spiro atoms. The third-order valence-electron chi connectivity index (χ3n) is 3.60. The zero-order valence-corrected chi connectivity index (χ0v) is 14.6. The van der Waals surface area contributed by atoms with Crippen molar-refractivity contribution in [1.82, 2.24) is 0 Å². The zero-order valence-electron chi connectivity index (χ0n) is 14.6. The van der Waals surface area contributed by atoms with E-state index in [4.69, 9.17) is 9.15 Å². The van der Waals surface area contributed by atoms with E-state index in [1.54, 1.807) is 18.2 Å². The first-order chi connectivity index (χ1) is 13.9. The van der Waals surface area contributed by atoms with Crippen molar-refractivity contribution < 1.29 is 23.8 Å². The number of nitro benzene ring substituents is 2. The predicted molar refractivity (Wildman–Crippen MR) is 101 cm³/mol. The van der Waals surface area contributed by atoms with Crippen molar-refractivity contribution in [2.24, 2.45) is 5.10 Å². The SMILES string of the molecule is O=C(Oc1ccc(/C=N\Nc2ccc([N+](=O)[O-])cc2[N+](=O)[O-])cc1)c1ccco1. The van der Waals surface area contributed by atoms with Crippen LogP contribution in [-0.2, 0) is 0 Å². The third-order valence-corrected chi connectivity index (χ3v) is 3.60. The quantitative estimate of drug-likeness (QED) is 0.208. The maximum atomic E-state index is 11.8. The van der Waals surface area contributed by atoms with E-state index in [0.29, 0.717) is 11.3 Å². The van der Waals surface area contributed by atoms with Crippen LogP contribution in [0, 0.1) is 20.2 Å². The minimum Gasteiger partial charge on any atom is -0.457 e. The van der Waals surface area contributed by atoms with Crippen LogP contribution < -0.4 is 10.2 Å². The topological polar surface area (TPSA) is 150 Å². The Morgan fingerprint density at radius 3 is 2.45 bits per heavy atom. The zero-order chi connectivity index (χ0) is 20.8. The maximum absolute atomic E-state index is 11.8. The van der Waals surface area contributed by atoms with Gasteiger partial charge in [0.15, 0.2) is 0 Å². The van der Waals surface area contributed by atoms with Gasteiger partial charge in [-0.1, -0.05) is 0 Å². The molecule has 0 aliphatic carbocycles. The molecule has 0 aliphatic heterocycles. The van der Waals surface area contributed by atoms with Crippen LogP contribution in [0.1, 0.15) is 16.1 Å². The summed E-state index contributed by atoms with van der Waals surface area (Å²) in [5.74, 6) is -0.268. The molecule has 0 radical (unpaired) electrons. The number of hydrazone groups is 1. The molecule has 11 heteroatoms. The lowest BCUT2D eigenvalue weighted by atomic mass is 10.2. The number of nitrogens with one attached hydrogen (secondary N) is 1. The van der Waals surface area contributed by atoms with Crippen LogP contribution in [0.2, 0.25) is 0 Å². The molecule has 0 amide bonds. The fourth-order valence-electron chi connectivity index (χ4n) is 2.23. The second-order valence-corrected chi connectivity index (χ2v) is 5.52. The van der Waals surface area contributed by atoms with Gasteiger partial charge in [-0.25, -0.2) is 4.79 Å². The number of benzene rings is 2. The van der Waals surface area contributed by atoms with E-state index in [0.717, 1.165) is 12.1 Å². The standard InChI is InChI=1S/C18H12N4O7/c23-18(17-2-1-9-28-17)29-14-6-3-12(4-7-14)11-19-20-15-8-5-13(21(24)25)10-16(15)22(26)27/h1-11,20H/b19-11-. The molecule has 3 aromatic rings. The number of hydrogen-bond acceptors (Lipinski definition) is 9. The highest BCUT2D eigenvalue weighted by Crippen LogP contribution is 2.28. The van der Waals surface area contributed by atoms with E-state index in [1.165, 1.54) is 36.7 Å². The van der Waals surface area contributed by atoms with Crippen molar-refractivity contribution in [3.8, 4) is 5.75 Å². The van der Waals surface area contributed by atoms with Gasteiger partial charge >= 0.3 is 11.7 Å². The minimum atomic E-state index is -0.743. The summed E-state index contributed by atoms with van der Waals surface area (Å²) in [4.78, 5) is 32.2.